The lowest BCUT2D eigenvalue weighted by Gasteiger charge is -2.30. The van der Waals surface area contributed by atoms with Crippen LogP contribution in [-0.2, 0) is 11.3 Å². The zero-order chi connectivity index (χ0) is 13.5. The summed E-state index contributed by atoms with van der Waals surface area (Å²) < 4.78 is 5.31. The van der Waals surface area contributed by atoms with Gasteiger partial charge in [-0.05, 0) is 12.6 Å². The van der Waals surface area contributed by atoms with Gasteiger partial charge in [0.05, 0.1) is 19.3 Å². The highest BCUT2D eigenvalue weighted by Crippen LogP contribution is 2.04. The van der Waals surface area contributed by atoms with Crippen LogP contribution in [0.3, 0.4) is 0 Å². The van der Waals surface area contributed by atoms with Crippen LogP contribution in [0, 0.1) is 0 Å². The molecule has 1 aliphatic rings. The molecule has 106 valence electrons. The van der Waals surface area contributed by atoms with Crippen LogP contribution in [-0.4, -0.2) is 67.5 Å². The number of benzene rings is 1. The van der Waals surface area contributed by atoms with Crippen LogP contribution in [0.2, 0.25) is 0 Å². The van der Waals surface area contributed by atoms with E-state index in [9.17, 15) is 5.11 Å². The third-order valence-corrected chi connectivity index (χ3v) is 3.39. The molecule has 0 saturated carbocycles. The van der Waals surface area contributed by atoms with Gasteiger partial charge in [0.2, 0.25) is 0 Å². The van der Waals surface area contributed by atoms with Gasteiger partial charge in [-0.3, -0.25) is 9.80 Å². The quantitative estimate of drug-likeness (QED) is 0.825. The molecule has 0 aromatic heterocycles. The van der Waals surface area contributed by atoms with Crippen LogP contribution in [0.5, 0.6) is 0 Å². The van der Waals surface area contributed by atoms with Crippen LogP contribution < -0.4 is 0 Å². The molecule has 0 aliphatic carbocycles. The number of morpholine rings is 1. The summed E-state index contributed by atoms with van der Waals surface area (Å²) in [6.07, 6.45) is -0.299. The fraction of sp³-hybridized carbons (Fsp3) is 0.600. The fourth-order valence-corrected chi connectivity index (χ4v) is 2.46. The molecule has 0 bridgehead atoms. The lowest BCUT2D eigenvalue weighted by molar-refractivity contribution is 0.00825. The van der Waals surface area contributed by atoms with Crippen LogP contribution in [0.1, 0.15) is 5.56 Å². The van der Waals surface area contributed by atoms with Gasteiger partial charge in [0.15, 0.2) is 0 Å². The maximum atomic E-state index is 10.1. The van der Waals surface area contributed by atoms with Crippen molar-refractivity contribution in [3.05, 3.63) is 35.9 Å². The van der Waals surface area contributed by atoms with E-state index in [4.69, 9.17) is 4.74 Å². The predicted octanol–water partition coefficient (Wildman–Crippen LogP) is 0.811. The molecule has 1 fully saturated rings. The molecular formula is C15H24N2O2. The Labute approximate surface area is 115 Å². The Balaban J connectivity index is 1.70. The highest BCUT2D eigenvalue weighted by molar-refractivity contribution is 5.14. The zero-order valence-electron chi connectivity index (χ0n) is 11.7. The first-order valence-electron chi connectivity index (χ1n) is 6.94. The molecular weight excluding hydrogens is 240 g/mol. The topological polar surface area (TPSA) is 35.9 Å². The first-order valence-corrected chi connectivity index (χ1v) is 6.94. The van der Waals surface area contributed by atoms with Crippen molar-refractivity contribution in [3.8, 4) is 0 Å². The van der Waals surface area contributed by atoms with E-state index in [1.807, 2.05) is 18.2 Å². The maximum Gasteiger partial charge on any atom is 0.0793 e. The molecule has 0 radical (unpaired) electrons. The average Bonchev–Trinajstić information content (AvgIpc) is 2.40. The van der Waals surface area contributed by atoms with Gasteiger partial charge in [0, 0.05) is 32.7 Å². The summed E-state index contributed by atoms with van der Waals surface area (Å²) in [5.41, 5.74) is 1.28. The van der Waals surface area contributed by atoms with Gasteiger partial charge in [-0.1, -0.05) is 30.3 Å². The smallest absolute Gasteiger partial charge is 0.0793 e. The summed E-state index contributed by atoms with van der Waals surface area (Å²) in [7, 11) is 2.05. The summed E-state index contributed by atoms with van der Waals surface area (Å²) in [4.78, 5) is 4.44. The number of ether oxygens (including phenoxy) is 1. The second-order valence-corrected chi connectivity index (χ2v) is 5.25. The minimum atomic E-state index is -0.299. The normalized spacial score (nSPS) is 18.7. The second kappa shape index (κ2) is 7.60. The van der Waals surface area contributed by atoms with Crippen molar-refractivity contribution in [3.63, 3.8) is 0 Å². The number of nitrogens with zero attached hydrogens (tertiary/aromatic N) is 2. The van der Waals surface area contributed by atoms with Gasteiger partial charge in [0.25, 0.3) is 0 Å². The van der Waals surface area contributed by atoms with Crippen LogP contribution in [0.25, 0.3) is 0 Å². The van der Waals surface area contributed by atoms with Crippen LogP contribution >= 0.6 is 0 Å². The Kier molecular flexibility index (Phi) is 5.79. The van der Waals surface area contributed by atoms with Crippen molar-refractivity contribution >= 4 is 0 Å². The Bertz CT molecular complexity index is 352. The molecule has 19 heavy (non-hydrogen) atoms. The van der Waals surface area contributed by atoms with Gasteiger partial charge in [0.1, 0.15) is 0 Å². The average molecular weight is 264 g/mol. The third-order valence-electron chi connectivity index (χ3n) is 3.39. The van der Waals surface area contributed by atoms with E-state index >= 15 is 0 Å². The lowest BCUT2D eigenvalue weighted by atomic mass is 10.2. The van der Waals surface area contributed by atoms with E-state index in [1.54, 1.807) is 0 Å². The lowest BCUT2D eigenvalue weighted by Crippen LogP contribution is -2.43. The Morgan fingerprint density at radius 2 is 1.95 bits per heavy atom. The molecule has 0 unspecified atom stereocenters. The van der Waals surface area contributed by atoms with Crippen molar-refractivity contribution < 1.29 is 9.84 Å². The Morgan fingerprint density at radius 3 is 2.63 bits per heavy atom. The van der Waals surface area contributed by atoms with E-state index in [0.29, 0.717) is 6.54 Å². The molecule has 2 rings (SSSR count). The monoisotopic (exact) mass is 264 g/mol. The Hall–Kier alpha value is -0.940. The minimum Gasteiger partial charge on any atom is -0.390 e. The molecule has 1 atom stereocenters. The summed E-state index contributed by atoms with van der Waals surface area (Å²) in [6, 6.07) is 10.4. The number of hydrogen-bond acceptors (Lipinski definition) is 4. The van der Waals surface area contributed by atoms with Gasteiger partial charge < -0.3 is 9.84 Å². The van der Waals surface area contributed by atoms with Crippen molar-refractivity contribution in [1.29, 1.82) is 0 Å². The SMILES string of the molecule is CN(Cc1ccccc1)C[C@@H](O)CN1CCOCC1. The molecule has 4 nitrogen and oxygen atoms in total. The van der Waals surface area contributed by atoms with E-state index in [2.05, 4.69) is 29.0 Å². The van der Waals surface area contributed by atoms with Crippen LogP contribution in [0.15, 0.2) is 30.3 Å². The van der Waals surface area contributed by atoms with E-state index in [1.165, 1.54) is 5.56 Å². The highest BCUT2D eigenvalue weighted by atomic mass is 16.5. The molecule has 1 aliphatic heterocycles. The third kappa shape index (κ3) is 5.28. The van der Waals surface area contributed by atoms with E-state index in [0.717, 1.165) is 39.4 Å². The number of rotatable bonds is 6. The number of likely N-dealkylation sites (N-methyl/N-ethyl adjacent to an activating group) is 1. The van der Waals surface area contributed by atoms with Crippen molar-refractivity contribution in [2.45, 2.75) is 12.6 Å². The zero-order valence-corrected chi connectivity index (χ0v) is 11.7. The minimum absolute atomic E-state index is 0.299. The summed E-state index contributed by atoms with van der Waals surface area (Å²) >= 11 is 0. The Morgan fingerprint density at radius 1 is 1.26 bits per heavy atom. The highest BCUT2D eigenvalue weighted by Gasteiger charge is 2.16. The number of β-amino-alcohol motifs (C(OH)–C–C–N with tert-alkyl or cyclic N) is 1. The number of aliphatic hydroxyl groups excluding tert-OH is 1. The number of hydrogen-bond donors (Lipinski definition) is 1. The molecule has 0 spiro atoms. The van der Waals surface area contributed by atoms with Gasteiger partial charge in [-0.15, -0.1) is 0 Å². The van der Waals surface area contributed by atoms with Crippen molar-refractivity contribution in [2.75, 3.05) is 46.4 Å². The molecule has 1 aromatic rings. The summed E-state index contributed by atoms with van der Waals surface area (Å²) in [5, 5.41) is 10.1. The van der Waals surface area contributed by atoms with Crippen LogP contribution in [0.4, 0.5) is 0 Å². The van der Waals surface area contributed by atoms with Gasteiger partial charge in [-0.2, -0.15) is 0 Å². The summed E-state index contributed by atoms with van der Waals surface area (Å²) in [6.45, 7) is 5.74. The molecule has 1 heterocycles. The first-order chi connectivity index (χ1) is 9.24. The molecule has 0 amide bonds. The molecule has 4 heteroatoms. The van der Waals surface area contributed by atoms with E-state index < -0.39 is 0 Å². The fourth-order valence-electron chi connectivity index (χ4n) is 2.46. The van der Waals surface area contributed by atoms with Crippen molar-refractivity contribution in [1.82, 2.24) is 9.80 Å². The maximum absolute atomic E-state index is 10.1. The van der Waals surface area contributed by atoms with Gasteiger partial charge in [-0.25, -0.2) is 0 Å². The van der Waals surface area contributed by atoms with Crippen molar-refractivity contribution in [2.24, 2.45) is 0 Å². The second-order valence-electron chi connectivity index (χ2n) is 5.25. The standard InChI is InChI=1S/C15H24N2O2/c1-16(11-14-5-3-2-4-6-14)12-15(18)13-17-7-9-19-10-8-17/h2-6,15,18H,7-13H2,1H3/t15-/m1/s1. The molecule has 1 N–H and O–H groups in total. The first kappa shape index (κ1) is 14.5. The number of aliphatic hydroxyl groups is 1. The van der Waals surface area contributed by atoms with E-state index in [-0.39, 0.29) is 6.10 Å². The molecule has 1 saturated heterocycles. The summed E-state index contributed by atoms with van der Waals surface area (Å²) in [5.74, 6) is 0. The molecule has 1 aromatic carbocycles. The largest absolute Gasteiger partial charge is 0.390 e. The predicted molar refractivity (Wildman–Crippen MR) is 76.0 cm³/mol. The van der Waals surface area contributed by atoms with Gasteiger partial charge >= 0.3 is 0 Å².